The number of methoxy groups -OCH3 is 1. The number of benzene rings is 2. The molecule has 4 nitrogen and oxygen atoms in total. The van der Waals surface area contributed by atoms with E-state index in [0.29, 0.717) is 16.4 Å². The summed E-state index contributed by atoms with van der Waals surface area (Å²) >= 11 is 7.91. The third-order valence-electron chi connectivity index (χ3n) is 5.26. The van der Waals surface area contributed by atoms with Crippen molar-refractivity contribution in [3.8, 4) is 5.75 Å². The van der Waals surface area contributed by atoms with Crippen LogP contribution in [0.5, 0.6) is 5.75 Å². The average molecular weight is 415 g/mol. The summed E-state index contributed by atoms with van der Waals surface area (Å²) in [5.41, 5.74) is 1.16. The molecular weight excluding hydrogens is 392 g/mol. The average Bonchev–Trinajstić information content (AvgIpc) is 3.37. The molecule has 28 heavy (non-hydrogen) atoms. The van der Waals surface area contributed by atoms with Crippen LogP contribution in [0.2, 0.25) is 5.02 Å². The minimum absolute atomic E-state index is 0.113. The molecule has 1 atom stereocenters. The number of fused-ring (bicyclic) bond motifs is 1. The second-order valence-corrected chi connectivity index (χ2v) is 8.42. The highest BCUT2D eigenvalue weighted by molar-refractivity contribution is 7.21. The molecule has 0 unspecified atom stereocenters. The molecule has 146 valence electrons. The maximum Gasteiger partial charge on any atom is 0.262 e. The van der Waals surface area contributed by atoms with Crippen molar-refractivity contribution in [3.05, 3.63) is 64.0 Å². The first-order chi connectivity index (χ1) is 13.7. The highest BCUT2D eigenvalue weighted by atomic mass is 35.5. The fourth-order valence-electron chi connectivity index (χ4n) is 3.79. The van der Waals surface area contributed by atoms with E-state index in [2.05, 4.69) is 22.3 Å². The van der Waals surface area contributed by atoms with E-state index in [-0.39, 0.29) is 11.9 Å². The summed E-state index contributed by atoms with van der Waals surface area (Å²) in [6.45, 7) is 2.62. The molecule has 1 fully saturated rings. The van der Waals surface area contributed by atoms with Crippen LogP contribution in [0, 0.1) is 0 Å². The summed E-state index contributed by atoms with van der Waals surface area (Å²) < 4.78 is 6.42. The highest BCUT2D eigenvalue weighted by Crippen LogP contribution is 2.35. The molecule has 1 aromatic heterocycles. The summed E-state index contributed by atoms with van der Waals surface area (Å²) in [4.78, 5) is 15.9. The van der Waals surface area contributed by atoms with Gasteiger partial charge in [-0.25, -0.2) is 0 Å². The van der Waals surface area contributed by atoms with E-state index < -0.39 is 0 Å². The first kappa shape index (κ1) is 19.2. The van der Waals surface area contributed by atoms with Crippen molar-refractivity contribution in [1.82, 2.24) is 10.2 Å². The van der Waals surface area contributed by atoms with Crippen molar-refractivity contribution >= 4 is 38.9 Å². The Bertz CT molecular complexity index is 982. The van der Waals surface area contributed by atoms with Gasteiger partial charge in [0.15, 0.2) is 0 Å². The number of amides is 1. The molecule has 1 aliphatic rings. The Labute approximate surface area is 174 Å². The molecule has 2 heterocycles. The zero-order valence-electron chi connectivity index (χ0n) is 15.8. The predicted octanol–water partition coefficient (Wildman–Crippen LogP) is 5.13. The van der Waals surface area contributed by atoms with Crippen molar-refractivity contribution in [2.45, 2.75) is 18.9 Å². The maximum atomic E-state index is 12.9. The van der Waals surface area contributed by atoms with Gasteiger partial charge < -0.3 is 10.1 Å². The molecule has 6 heteroatoms. The smallest absolute Gasteiger partial charge is 0.262 e. The van der Waals surface area contributed by atoms with Crippen LogP contribution >= 0.6 is 22.9 Å². The predicted molar refractivity (Wildman–Crippen MR) is 116 cm³/mol. The largest absolute Gasteiger partial charge is 0.497 e. The number of carbonyl (C=O) groups excluding carboxylic acids is 1. The number of carbonyl (C=O) groups is 1. The third kappa shape index (κ3) is 3.88. The van der Waals surface area contributed by atoms with E-state index in [9.17, 15) is 4.79 Å². The SMILES string of the molecule is COc1cccc([C@H](CNC(=O)c2sc3ccccc3c2Cl)N2CCCC2)c1. The molecule has 1 amide bonds. The summed E-state index contributed by atoms with van der Waals surface area (Å²) in [6.07, 6.45) is 2.38. The summed E-state index contributed by atoms with van der Waals surface area (Å²) in [5.74, 6) is 0.721. The van der Waals surface area contributed by atoms with Crippen molar-refractivity contribution in [2.75, 3.05) is 26.7 Å². The Morgan fingerprint density at radius 2 is 2.00 bits per heavy atom. The van der Waals surface area contributed by atoms with Gasteiger partial charge in [0.25, 0.3) is 5.91 Å². The van der Waals surface area contributed by atoms with Crippen LogP contribution in [0.15, 0.2) is 48.5 Å². The van der Waals surface area contributed by atoms with E-state index in [4.69, 9.17) is 16.3 Å². The van der Waals surface area contributed by atoms with Crippen LogP contribution in [-0.2, 0) is 0 Å². The minimum atomic E-state index is -0.113. The summed E-state index contributed by atoms with van der Waals surface area (Å²) in [7, 11) is 1.68. The lowest BCUT2D eigenvalue weighted by molar-refractivity contribution is 0.0942. The van der Waals surface area contributed by atoms with Gasteiger partial charge in [-0.2, -0.15) is 0 Å². The van der Waals surface area contributed by atoms with Crippen molar-refractivity contribution < 1.29 is 9.53 Å². The van der Waals surface area contributed by atoms with Crippen LogP contribution in [0.25, 0.3) is 10.1 Å². The van der Waals surface area contributed by atoms with E-state index in [0.717, 1.165) is 34.5 Å². The second kappa shape index (κ2) is 8.52. The lowest BCUT2D eigenvalue weighted by Gasteiger charge is -2.28. The van der Waals surface area contributed by atoms with E-state index in [1.165, 1.54) is 24.2 Å². The Morgan fingerprint density at radius 1 is 1.21 bits per heavy atom. The van der Waals surface area contributed by atoms with E-state index in [1.807, 2.05) is 36.4 Å². The first-order valence-corrected chi connectivity index (χ1v) is 10.7. The Kier molecular flexibility index (Phi) is 5.85. The van der Waals surface area contributed by atoms with Gasteiger partial charge in [-0.3, -0.25) is 9.69 Å². The number of halogens is 1. The minimum Gasteiger partial charge on any atom is -0.497 e. The summed E-state index contributed by atoms with van der Waals surface area (Å²) in [6, 6.07) is 16.1. The lowest BCUT2D eigenvalue weighted by Crippen LogP contribution is -2.36. The molecule has 0 spiro atoms. The van der Waals surface area contributed by atoms with E-state index in [1.54, 1.807) is 7.11 Å². The van der Waals surface area contributed by atoms with Gasteiger partial charge in [0.05, 0.1) is 18.2 Å². The number of likely N-dealkylation sites (tertiary alicyclic amines) is 1. The van der Waals surface area contributed by atoms with Gasteiger partial charge >= 0.3 is 0 Å². The van der Waals surface area contributed by atoms with Gasteiger partial charge in [-0.1, -0.05) is 41.9 Å². The van der Waals surface area contributed by atoms with Gasteiger partial charge in [0.1, 0.15) is 10.6 Å². The van der Waals surface area contributed by atoms with Crippen molar-refractivity contribution in [2.24, 2.45) is 0 Å². The lowest BCUT2D eigenvalue weighted by atomic mass is 10.0. The molecule has 0 bridgehead atoms. The van der Waals surface area contributed by atoms with Gasteiger partial charge in [0, 0.05) is 16.6 Å². The second-order valence-electron chi connectivity index (χ2n) is 6.99. The zero-order valence-corrected chi connectivity index (χ0v) is 17.4. The van der Waals surface area contributed by atoms with Gasteiger partial charge in [-0.05, 0) is 49.7 Å². The van der Waals surface area contributed by atoms with E-state index >= 15 is 0 Å². The number of nitrogens with one attached hydrogen (secondary N) is 1. The topological polar surface area (TPSA) is 41.6 Å². The van der Waals surface area contributed by atoms with Gasteiger partial charge in [0.2, 0.25) is 0 Å². The molecule has 4 rings (SSSR count). The Morgan fingerprint density at radius 3 is 2.75 bits per heavy atom. The molecule has 0 aliphatic carbocycles. The van der Waals surface area contributed by atoms with Crippen LogP contribution < -0.4 is 10.1 Å². The third-order valence-corrected chi connectivity index (χ3v) is 6.93. The monoisotopic (exact) mass is 414 g/mol. The van der Waals surface area contributed by atoms with Crippen LogP contribution in [0.1, 0.15) is 34.1 Å². The zero-order chi connectivity index (χ0) is 19.5. The number of thiophene rings is 1. The Hall–Kier alpha value is -2.08. The number of hydrogen-bond acceptors (Lipinski definition) is 4. The molecule has 0 saturated carbocycles. The van der Waals surface area contributed by atoms with Crippen LogP contribution in [0.4, 0.5) is 0 Å². The molecular formula is C22H23ClN2O2S. The molecule has 3 aromatic rings. The number of rotatable bonds is 6. The molecule has 2 aromatic carbocycles. The van der Waals surface area contributed by atoms with Crippen molar-refractivity contribution in [3.63, 3.8) is 0 Å². The maximum absolute atomic E-state index is 12.9. The van der Waals surface area contributed by atoms with Crippen molar-refractivity contribution in [1.29, 1.82) is 0 Å². The van der Waals surface area contributed by atoms with Crippen LogP contribution in [0.3, 0.4) is 0 Å². The summed E-state index contributed by atoms with van der Waals surface area (Å²) in [5, 5.41) is 4.59. The van der Waals surface area contributed by atoms with Gasteiger partial charge in [-0.15, -0.1) is 11.3 Å². The quantitative estimate of drug-likeness (QED) is 0.607. The number of hydrogen-bond donors (Lipinski definition) is 1. The number of ether oxygens (including phenoxy) is 1. The standard InChI is InChI=1S/C22H23ClN2O2S/c1-27-16-8-6-7-15(13-16)18(25-11-4-5-12-25)14-24-22(26)21-20(23)17-9-2-3-10-19(17)28-21/h2-3,6-10,13,18H,4-5,11-12,14H2,1H3,(H,24,26)/t18-/m0/s1. The highest BCUT2D eigenvalue weighted by Gasteiger charge is 2.25. The normalized spacial score (nSPS) is 15.6. The Balaban J connectivity index is 1.54. The fraction of sp³-hybridized carbons (Fsp3) is 0.318. The molecule has 1 N–H and O–H groups in total. The molecule has 1 saturated heterocycles. The number of nitrogens with zero attached hydrogens (tertiary/aromatic N) is 1. The fourth-order valence-corrected chi connectivity index (χ4v) is 5.22. The molecule has 0 radical (unpaired) electrons. The first-order valence-electron chi connectivity index (χ1n) is 9.50. The molecule has 1 aliphatic heterocycles. The van der Waals surface area contributed by atoms with Crippen LogP contribution in [-0.4, -0.2) is 37.6 Å².